The van der Waals surface area contributed by atoms with Crippen LogP contribution in [0.3, 0.4) is 0 Å². The van der Waals surface area contributed by atoms with Crippen LogP contribution in [0.1, 0.15) is 64.5 Å². The number of carbonyl (C=O) groups excluding carboxylic acids is 2. The molecule has 1 aliphatic rings. The molecule has 1 amide bonds. The van der Waals surface area contributed by atoms with Crippen LogP contribution in [0.2, 0.25) is 5.15 Å². The molecule has 1 aliphatic heterocycles. The lowest BCUT2D eigenvalue weighted by Crippen LogP contribution is -2.50. The molecule has 0 aliphatic carbocycles. The maximum absolute atomic E-state index is 13.0. The molecular weight excluding hydrogens is 459 g/mol. The second-order valence-electron chi connectivity index (χ2n) is 9.40. The van der Waals surface area contributed by atoms with Crippen LogP contribution in [-0.4, -0.2) is 44.1 Å². The van der Waals surface area contributed by atoms with Crippen LogP contribution >= 0.6 is 11.6 Å². The number of fused-ring (bicyclic) bond motifs is 1. The average molecular weight is 484 g/mol. The van der Waals surface area contributed by atoms with Crippen molar-refractivity contribution in [3.8, 4) is 0 Å². The number of nitrogens with one attached hydrogen (secondary N) is 1. The van der Waals surface area contributed by atoms with E-state index in [-0.39, 0.29) is 17.8 Å². The number of Topliss-reactive ketones (excluding diaryl/α,β-unsaturated/α-hetero) is 1. The molecule has 2 rings (SSSR count). The van der Waals surface area contributed by atoms with Crippen LogP contribution in [0.5, 0.6) is 0 Å². The second kappa shape index (κ2) is 8.00. The summed E-state index contributed by atoms with van der Waals surface area (Å²) in [5, 5.41) is -0.469. The van der Waals surface area contributed by atoms with Gasteiger partial charge in [0.05, 0.1) is 33.5 Å². The summed E-state index contributed by atoms with van der Waals surface area (Å²) in [5.74, 6) is -2.17. The number of alkyl halides is 3. The van der Waals surface area contributed by atoms with E-state index in [4.69, 9.17) is 16.3 Å². The molecule has 1 aromatic heterocycles. The summed E-state index contributed by atoms with van der Waals surface area (Å²) in [6.07, 6.45) is -5.97. The van der Waals surface area contributed by atoms with Gasteiger partial charge in [-0.3, -0.25) is 9.69 Å². The third kappa shape index (κ3) is 5.56. The highest BCUT2D eigenvalue weighted by molar-refractivity contribution is 7.84. The van der Waals surface area contributed by atoms with E-state index in [2.05, 4.69) is 9.71 Å². The second-order valence-corrected chi connectivity index (χ2v) is 11.7. The Bertz CT molecular complexity index is 941. The summed E-state index contributed by atoms with van der Waals surface area (Å²) in [4.78, 5) is 29.3. The number of nitrogens with zero attached hydrogens (tertiary/aromatic N) is 2. The van der Waals surface area contributed by atoms with Crippen molar-refractivity contribution in [1.29, 1.82) is 0 Å². The standard InChI is InChI=1S/C19H25ClF3N3O4S/c1-16(2,3)30-15(28)26-9-18(7,25-31(29)17(4,5)6)10-8-11(13(27)19(21,22)23)24-14(20)12(10)26/h8,25H,9H2,1-7H3/t18-,31?/m1/s1. The van der Waals surface area contributed by atoms with Crippen molar-refractivity contribution in [2.45, 2.75) is 70.5 Å². The van der Waals surface area contributed by atoms with Gasteiger partial charge in [-0.2, -0.15) is 13.2 Å². The normalized spacial score (nSPS) is 20.4. The van der Waals surface area contributed by atoms with Crippen LogP contribution in [0, 0.1) is 0 Å². The maximum atomic E-state index is 13.0. The lowest BCUT2D eigenvalue weighted by atomic mass is 9.95. The van der Waals surface area contributed by atoms with E-state index in [1.54, 1.807) is 48.5 Å². The number of aromatic nitrogens is 1. The van der Waals surface area contributed by atoms with Gasteiger partial charge in [-0.1, -0.05) is 11.6 Å². The lowest BCUT2D eigenvalue weighted by Gasteiger charge is -2.31. The quantitative estimate of drug-likeness (QED) is 0.505. The smallest absolute Gasteiger partial charge is 0.443 e. The molecule has 0 spiro atoms. The third-order valence-electron chi connectivity index (χ3n) is 4.27. The fraction of sp³-hybridized carbons (Fsp3) is 0.632. The molecule has 1 unspecified atom stereocenters. The van der Waals surface area contributed by atoms with E-state index in [9.17, 15) is 27.0 Å². The van der Waals surface area contributed by atoms with Gasteiger partial charge in [0.25, 0.3) is 5.78 Å². The van der Waals surface area contributed by atoms with Gasteiger partial charge < -0.3 is 4.74 Å². The number of ether oxygens (including phenoxy) is 1. The first-order chi connectivity index (χ1) is 13.8. The van der Waals surface area contributed by atoms with E-state index < -0.39 is 55.8 Å². The van der Waals surface area contributed by atoms with Crippen molar-refractivity contribution in [3.05, 3.63) is 22.5 Å². The fourth-order valence-corrected chi connectivity index (χ4v) is 4.03. The van der Waals surface area contributed by atoms with Gasteiger partial charge in [-0.25, -0.2) is 18.7 Å². The molecule has 31 heavy (non-hydrogen) atoms. The Hall–Kier alpha value is -1.72. The van der Waals surface area contributed by atoms with Gasteiger partial charge in [-0.05, 0) is 54.5 Å². The number of hydrogen-bond acceptors (Lipinski definition) is 5. The highest BCUT2D eigenvalue weighted by Gasteiger charge is 2.48. The number of anilines is 1. The fourth-order valence-electron chi connectivity index (χ4n) is 2.84. The molecule has 0 aromatic carbocycles. The Morgan fingerprint density at radius 1 is 1.23 bits per heavy atom. The van der Waals surface area contributed by atoms with E-state index in [1.165, 1.54) is 0 Å². The molecule has 0 bridgehead atoms. The van der Waals surface area contributed by atoms with E-state index in [0.717, 1.165) is 11.0 Å². The summed E-state index contributed by atoms with van der Waals surface area (Å²) in [7, 11) is -1.66. The van der Waals surface area contributed by atoms with Gasteiger partial charge >= 0.3 is 12.3 Å². The Balaban J connectivity index is 2.65. The van der Waals surface area contributed by atoms with Crippen molar-refractivity contribution in [3.63, 3.8) is 0 Å². The predicted molar refractivity (Wildman–Crippen MR) is 112 cm³/mol. The Kier molecular flexibility index (Phi) is 6.59. The molecular formula is C19H25ClF3N3O4S. The first-order valence-electron chi connectivity index (χ1n) is 9.29. The number of amides is 1. The zero-order valence-electron chi connectivity index (χ0n) is 18.2. The van der Waals surface area contributed by atoms with E-state index in [0.29, 0.717) is 0 Å². The number of ketones is 1. The Labute approximate surface area is 186 Å². The minimum atomic E-state index is -5.16. The summed E-state index contributed by atoms with van der Waals surface area (Å²) in [6, 6.07) is 0.925. The number of pyridine rings is 1. The molecule has 0 radical (unpaired) electrons. The lowest BCUT2D eigenvalue weighted by molar-refractivity contribution is -0.0888. The van der Waals surface area contributed by atoms with Crippen molar-refractivity contribution in [1.82, 2.24) is 9.71 Å². The van der Waals surface area contributed by atoms with E-state index in [1.807, 2.05) is 0 Å². The highest BCUT2D eigenvalue weighted by atomic mass is 35.5. The summed E-state index contributed by atoms with van der Waals surface area (Å²) >= 11 is 6.15. The molecule has 0 saturated heterocycles. The van der Waals surface area contributed by atoms with Gasteiger partial charge in [0.2, 0.25) is 0 Å². The summed E-state index contributed by atoms with van der Waals surface area (Å²) in [6.45, 7) is 11.5. The maximum Gasteiger partial charge on any atom is 0.456 e. The van der Waals surface area contributed by atoms with Crippen molar-refractivity contribution in [2.75, 3.05) is 11.4 Å². The van der Waals surface area contributed by atoms with Crippen LogP contribution in [0.4, 0.5) is 23.7 Å². The average Bonchev–Trinajstić information content (AvgIpc) is 2.84. The minimum absolute atomic E-state index is 0.00412. The third-order valence-corrected chi connectivity index (χ3v) is 6.28. The SMILES string of the molecule is CC(C)(C)OC(=O)N1C[C@@](C)(NS(=O)C(C)(C)C)c2cc(C(=O)C(F)(F)F)nc(Cl)c21. The molecule has 2 atom stereocenters. The zero-order valence-corrected chi connectivity index (χ0v) is 19.8. The zero-order chi connectivity index (χ0) is 24.2. The molecule has 12 heteroatoms. The van der Waals surface area contributed by atoms with E-state index >= 15 is 0 Å². The number of rotatable bonds is 3. The van der Waals surface area contributed by atoms with Crippen LogP contribution in [0.15, 0.2) is 6.07 Å². The van der Waals surface area contributed by atoms with Crippen LogP contribution in [0.25, 0.3) is 0 Å². The number of carbonyl (C=O) groups is 2. The Morgan fingerprint density at radius 2 is 1.77 bits per heavy atom. The van der Waals surface area contributed by atoms with Gasteiger partial charge in [0, 0.05) is 5.56 Å². The highest BCUT2D eigenvalue weighted by Crippen LogP contribution is 2.44. The molecule has 0 fully saturated rings. The van der Waals surface area contributed by atoms with Gasteiger partial charge in [-0.15, -0.1) is 0 Å². The molecule has 7 nitrogen and oxygen atoms in total. The van der Waals surface area contributed by atoms with Crippen molar-refractivity contribution < 1.29 is 31.7 Å². The molecule has 1 N–H and O–H groups in total. The summed E-state index contributed by atoms with van der Waals surface area (Å²) < 4.78 is 59.3. The summed E-state index contributed by atoms with van der Waals surface area (Å²) in [5.41, 5.74) is -2.99. The molecule has 174 valence electrons. The topological polar surface area (TPSA) is 88.6 Å². The minimum Gasteiger partial charge on any atom is -0.443 e. The first kappa shape index (κ1) is 25.5. The Morgan fingerprint density at radius 3 is 2.23 bits per heavy atom. The van der Waals surface area contributed by atoms with Crippen molar-refractivity contribution in [2.24, 2.45) is 0 Å². The molecule has 0 saturated carbocycles. The van der Waals surface area contributed by atoms with Crippen LogP contribution in [-0.2, 0) is 21.3 Å². The molecule has 2 heterocycles. The largest absolute Gasteiger partial charge is 0.456 e. The van der Waals surface area contributed by atoms with Gasteiger partial charge in [0.1, 0.15) is 11.3 Å². The van der Waals surface area contributed by atoms with Gasteiger partial charge in [0.15, 0.2) is 5.15 Å². The first-order valence-corrected chi connectivity index (χ1v) is 10.8. The number of halogens is 4. The monoisotopic (exact) mass is 483 g/mol. The van der Waals surface area contributed by atoms with Crippen LogP contribution < -0.4 is 9.62 Å². The van der Waals surface area contributed by atoms with Crippen molar-refractivity contribution >= 4 is 40.2 Å². The molecule has 1 aromatic rings. The number of hydrogen-bond donors (Lipinski definition) is 1. The predicted octanol–water partition coefficient (Wildman–Crippen LogP) is 4.50.